The quantitative estimate of drug-likeness (QED) is 0.285. The van der Waals surface area contributed by atoms with Crippen LogP contribution >= 0.6 is 11.3 Å². The van der Waals surface area contributed by atoms with E-state index in [9.17, 15) is 28.5 Å². The maximum atomic E-state index is 13.6. The molecule has 0 unspecified atom stereocenters. The van der Waals surface area contributed by atoms with Crippen molar-refractivity contribution in [2.75, 3.05) is 5.32 Å². The molecule has 0 saturated carbocycles. The molecule has 0 atom stereocenters. The van der Waals surface area contributed by atoms with Crippen LogP contribution in [0.1, 0.15) is 33.2 Å². The third-order valence-corrected chi connectivity index (χ3v) is 6.40. The third kappa shape index (κ3) is 4.45. The van der Waals surface area contributed by atoms with E-state index in [0.29, 0.717) is 11.1 Å². The Labute approximate surface area is 200 Å². The van der Waals surface area contributed by atoms with Crippen molar-refractivity contribution in [1.29, 1.82) is 0 Å². The summed E-state index contributed by atoms with van der Waals surface area (Å²) in [5.41, 5.74) is 6.11. The fraction of sp³-hybridized carbons (Fsp3) is 0.182. The van der Waals surface area contributed by atoms with E-state index in [1.165, 1.54) is 24.6 Å². The van der Waals surface area contributed by atoms with Crippen LogP contribution in [0.15, 0.2) is 36.4 Å². The fourth-order valence-corrected chi connectivity index (χ4v) is 4.80. The standard InChI is InChI=1S/C22H18F2N6O4S/c1-10-18(30(33)34)11(2)29(28-10)9-15(31)27-17-16-13(12-6-4-3-5-7-12)8-14(20(23)24)26-22(16)35-19(17)21(25)32/h3-8,20H,9H2,1-2H3,(H2,25,32)(H,27,31). The zero-order valence-corrected chi connectivity index (χ0v) is 19.2. The second kappa shape index (κ2) is 9.18. The molecule has 0 aliphatic rings. The predicted molar refractivity (Wildman–Crippen MR) is 126 cm³/mol. The van der Waals surface area contributed by atoms with Gasteiger partial charge in [0.1, 0.15) is 33.3 Å². The van der Waals surface area contributed by atoms with Crippen LogP contribution in [0.25, 0.3) is 21.3 Å². The molecule has 0 aliphatic heterocycles. The van der Waals surface area contributed by atoms with E-state index < -0.39 is 28.9 Å². The highest BCUT2D eigenvalue weighted by molar-refractivity contribution is 7.21. The lowest BCUT2D eigenvalue weighted by Crippen LogP contribution is -2.22. The first kappa shape index (κ1) is 23.9. The van der Waals surface area contributed by atoms with E-state index >= 15 is 0 Å². The smallest absolute Gasteiger partial charge is 0.312 e. The molecule has 4 rings (SSSR count). The fourth-order valence-electron chi connectivity index (χ4n) is 3.79. The average Bonchev–Trinajstić information content (AvgIpc) is 3.30. The van der Waals surface area contributed by atoms with E-state index in [-0.39, 0.29) is 44.4 Å². The number of thiophene rings is 1. The highest BCUT2D eigenvalue weighted by atomic mass is 32.1. The molecule has 0 aliphatic carbocycles. The normalized spacial score (nSPS) is 11.2. The minimum absolute atomic E-state index is 0.0331. The maximum Gasteiger partial charge on any atom is 0.312 e. The number of primary amides is 1. The van der Waals surface area contributed by atoms with Gasteiger partial charge in [0, 0.05) is 5.39 Å². The summed E-state index contributed by atoms with van der Waals surface area (Å²) in [6.45, 7) is 2.53. The van der Waals surface area contributed by atoms with Crippen LogP contribution < -0.4 is 11.1 Å². The Kier molecular flexibility index (Phi) is 6.26. The first-order chi connectivity index (χ1) is 16.6. The zero-order valence-electron chi connectivity index (χ0n) is 18.4. The van der Waals surface area contributed by atoms with Gasteiger partial charge in [-0.05, 0) is 31.0 Å². The van der Waals surface area contributed by atoms with E-state index in [4.69, 9.17) is 5.73 Å². The van der Waals surface area contributed by atoms with E-state index in [1.54, 1.807) is 30.3 Å². The number of nitro groups is 1. The predicted octanol–water partition coefficient (Wildman–Crippen LogP) is 4.36. The Bertz CT molecular complexity index is 1480. The number of nitrogens with two attached hydrogens (primary N) is 1. The number of benzene rings is 1. The number of aromatic nitrogens is 3. The van der Waals surface area contributed by atoms with Gasteiger partial charge in [-0.1, -0.05) is 30.3 Å². The Hall–Kier alpha value is -4.26. The van der Waals surface area contributed by atoms with Gasteiger partial charge in [0.25, 0.3) is 12.3 Å². The summed E-state index contributed by atoms with van der Waals surface area (Å²) in [6.07, 6.45) is -2.86. The molecule has 2 amide bonds. The number of aryl methyl sites for hydroxylation is 1. The van der Waals surface area contributed by atoms with Gasteiger partial charge in [0.15, 0.2) is 0 Å². The summed E-state index contributed by atoms with van der Waals surface area (Å²) in [6, 6.07) is 9.81. The van der Waals surface area contributed by atoms with Gasteiger partial charge in [-0.2, -0.15) is 5.10 Å². The van der Waals surface area contributed by atoms with Crippen molar-refractivity contribution in [3.05, 3.63) is 68.5 Å². The number of rotatable bonds is 7. The molecule has 4 aromatic rings. The monoisotopic (exact) mass is 500 g/mol. The second-order valence-corrected chi connectivity index (χ2v) is 8.59. The summed E-state index contributed by atoms with van der Waals surface area (Å²) in [5.74, 6) is -1.52. The SMILES string of the molecule is Cc1nn(CC(=O)Nc2c(C(N)=O)sc3nc(C(F)F)cc(-c4ccccc4)c23)c(C)c1[N+](=O)[O-]. The van der Waals surface area contributed by atoms with Crippen LogP contribution in [-0.2, 0) is 11.3 Å². The molecule has 1 aromatic carbocycles. The van der Waals surface area contributed by atoms with Gasteiger partial charge < -0.3 is 11.1 Å². The molecule has 0 spiro atoms. The van der Waals surface area contributed by atoms with Crippen LogP contribution in [0.3, 0.4) is 0 Å². The minimum atomic E-state index is -2.86. The summed E-state index contributed by atoms with van der Waals surface area (Å²) in [5, 5.41) is 18.2. The van der Waals surface area contributed by atoms with E-state index in [0.717, 1.165) is 11.3 Å². The number of amides is 2. The number of halogens is 2. The van der Waals surface area contributed by atoms with Crippen LogP contribution in [0.2, 0.25) is 0 Å². The summed E-state index contributed by atoms with van der Waals surface area (Å²) in [4.78, 5) is 39.8. The van der Waals surface area contributed by atoms with Crippen LogP contribution in [0, 0.1) is 24.0 Å². The molecular formula is C22H18F2N6O4S. The lowest BCUT2D eigenvalue weighted by Gasteiger charge is -2.11. The Balaban J connectivity index is 1.83. The topological polar surface area (TPSA) is 146 Å². The van der Waals surface area contributed by atoms with Crippen molar-refractivity contribution < 1.29 is 23.3 Å². The van der Waals surface area contributed by atoms with Crippen LogP contribution in [0.4, 0.5) is 20.2 Å². The Morgan fingerprint density at radius 1 is 1.26 bits per heavy atom. The van der Waals surface area contributed by atoms with Gasteiger partial charge in [-0.3, -0.25) is 24.4 Å². The maximum absolute atomic E-state index is 13.6. The Morgan fingerprint density at radius 2 is 1.94 bits per heavy atom. The molecule has 0 bridgehead atoms. The summed E-state index contributed by atoms with van der Waals surface area (Å²) >= 11 is 0.789. The van der Waals surface area contributed by atoms with Gasteiger partial charge in [-0.15, -0.1) is 11.3 Å². The number of hydrogen-bond acceptors (Lipinski definition) is 7. The number of pyridine rings is 1. The lowest BCUT2D eigenvalue weighted by molar-refractivity contribution is -0.386. The van der Waals surface area contributed by atoms with Crippen molar-refractivity contribution in [2.45, 2.75) is 26.8 Å². The average molecular weight is 500 g/mol. The zero-order chi connectivity index (χ0) is 25.4. The number of carbonyl (C=O) groups is 2. The third-order valence-electron chi connectivity index (χ3n) is 5.30. The van der Waals surface area contributed by atoms with Crippen molar-refractivity contribution in [2.24, 2.45) is 5.73 Å². The molecular weight excluding hydrogens is 482 g/mol. The number of anilines is 1. The first-order valence-corrected chi connectivity index (χ1v) is 11.0. The molecule has 13 heteroatoms. The number of alkyl halides is 2. The van der Waals surface area contributed by atoms with Gasteiger partial charge in [0.2, 0.25) is 5.91 Å². The lowest BCUT2D eigenvalue weighted by atomic mass is 10.0. The van der Waals surface area contributed by atoms with E-state index in [2.05, 4.69) is 15.4 Å². The molecule has 0 radical (unpaired) electrons. The number of carbonyl (C=O) groups excluding carboxylic acids is 2. The number of nitrogens with zero attached hydrogens (tertiary/aromatic N) is 4. The Morgan fingerprint density at radius 3 is 2.51 bits per heavy atom. The largest absolute Gasteiger partial charge is 0.365 e. The molecule has 3 heterocycles. The number of hydrogen-bond donors (Lipinski definition) is 2. The minimum Gasteiger partial charge on any atom is -0.365 e. The van der Waals surface area contributed by atoms with Gasteiger partial charge in [0.05, 0.1) is 10.6 Å². The summed E-state index contributed by atoms with van der Waals surface area (Å²) < 4.78 is 28.3. The first-order valence-electron chi connectivity index (χ1n) is 10.2. The molecule has 35 heavy (non-hydrogen) atoms. The van der Waals surface area contributed by atoms with Crippen molar-refractivity contribution in [3.8, 4) is 11.1 Å². The molecule has 3 N–H and O–H groups in total. The highest BCUT2D eigenvalue weighted by Crippen LogP contribution is 2.42. The summed E-state index contributed by atoms with van der Waals surface area (Å²) in [7, 11) is 0. The van der Waals surface area contributed by atoms with Crippen LogP contribution in [0.5, 0.6) is 0 Å². The van der Waals surface area contributed by atoms with Crippen molar-refractivity contribution >= 4 is 44.7 Å². The number of fused-ring (bicyclic) bond motifs is 1. The van der Waals surface area contributed by atoms with Crippen molar-refractivity contribution in [3.63, 3.8) is 0 Å². The highest BCUT2D eigenvalue weighted by Gasteiger charge is 2.26. The van der Waals surface area contributed by atoms with Crippen LogP contribution in [-0.4, -0.2) is 31.5 Å². The number of nitrogens with one attached hydrogen (secondary N) is 1. The molecule has 180 valence electrons. The second-order valence-electron chi connectivity index (χ2n) is 7.59. The molecule has 0 saturated heterocycles. The molecule has 10 nitrogen and oxygen atoms in total. The van der Waals surface area contributed by atoms with Gasteiger partial charge >= 0.3 is 5.69 Å². The van der Waals surface area contributed by atoms with Crippen molar-refractivity contribution in [1.82, 2.24) is 14.8 Å². The molecule has 3 aromatic heterocycles. The van der Waals surface area contributed by atoms with E-state index in [1.807, 2.05) is 0 Å². The molecule has 0 fully saturated rings. The van der Waals surface area contributed by atoms with Gasteiger partial charge in [-0.25, -0.2) is 13.8 Å².